The SMILES string of the molecule is CC1CN(CCc2cnn(C)c2)CC(CCl)O1. The lowest BCUT2D eigenvalue weighted by Gasteiger charge is -2.36. The highest BCUT2D eigenvalue weighted by atomic mass is 35.5. The van der Waals surface area contributed by atoms with Gasteiger partial charge in [0, 0.05) is 38.8 Å². The Morgan fingerprint density at radius 3 is 3.00 bits per heavy atom. The van der Waals surface area contributed by atoms with E-state index in [9.17, 15) is 0 Å². The quantitative estimate of drug-likeness (QED) is 0.762. The molecule has 2 atom stereocenters. The lowest BCUT2D eigenvalue weighted by molar-refractivity contribution is -0.0659. The van der Waals surface area contributed by atoms with Crippen LogP contribution in [0.3, 0.4) is 0 Å². The minimum absolute atomic E-state index is 0.175. The molecule has 1 aromatic rings. The Morgan fingerprint density at radius 1 is 1.53 bits per heavy atom. The van der Waals surface area contributed by atoms with Crippen LogP contribution in [0.1, 0.15) is 12.5 Å². The summed E-state index contributed by atoms with van der Waals surface area (Å²) >= 11 is 5.87. The summed E-state index contributed by atoms with van der Waals surface area (Å²) in [5, 5.41) is 4.18. The molecule has 1 fully saturated rings. The van der Waals surface area contributed by atoms with E-state index in [1.807, 2.05) is 17.9 Å². The molecular formula is C12H20ClN3O. The number of hydrogen-bond donors (Lipinski definition) is 0. The molecule has 2 rings (SSSR count). The maximum atomic E-state index is 5.87. The molecule has 17 heavy (non-hydrogen) atoms. The molecule has 4 nitrogen and oxygen atoms in total. The zero-order chi connectivity index (χ0) is 12.3. The second kappa shape index (κ2) is 5.85. The highest BCUT2D eigenvalue weighted by molar-refractivity contribution is 6.18. The van der Waals surface area contributed by atoms with Gasteiger partial charge in [-0.15, -0.1) is 11.6 Å². The first-order valence-corrected chi connectivity index (χ1v) is 6.62. The maximum absolute atomic E-state index is 5.87. The average molecular weight is 258 g/mol. The summed E-state index contributed by atoms with van der Waals surface area (Å²) in [7, 11) is 1.95. The molecule has 0 saturated carbocycles. The molecule has 96 valence electrons. The Kier molecular flexibility index (Phi) is 4.42. The first kappa shape index (κ1) is 12.9. The van der Waals surface area contributed by atoms with Crippen LogP contribution >= 0.6 is 11.6 Å². The molecule has 0 aliphatic carbocycles. The zero-order valence-corrected chi connectivity index (χ0v) is 11.2. The van der Waals surface area contributed by atoms with Crippen molar-refractivity contribution in [3.8, 4) is 0 Å². The Bertz CT molecular complexity index is 355. The third kappa shape index (κ3) is 3.69. The lowest BCUT2D eigenvalue weighted by Crippen LogP contribution is -2.47. The van der Waals surface area contributed by atoms with Crippen molar-refractivity contribution in [2.24, 2.45) is 7.05 Å². The zero-order valence-electron chi connectivity index (χ0n) is 10.5. The van der Waals surface area contributed by atoms with Crippen molar-refractivity contribution >= 4 is 11.6 Å². The summed E-state index contributed by atoms with van der Waals surface area (Å²) in [6.45, 7) is 5.09. The predicted molar refractivity (Wildman–Crippen MR) is 68.4 cm³/mol. The minimum atomic E-state index is 0.175. The Balaban J connectivity index is 1.82. The van der Waals surface area contributed by atoms with Crippen LogP contribution in [0, 0.1) is 0 Å². The highest BCUT2D eigenvalue weighted by Crippen LogP contribution is 2.13. The summed E-state index contributed by atoms with van der Waals surface area (Å²) in [4.78, 5) is 2.42. The summed E-state index contributed by atoms with van der Waals surface area (Å²) in [6, 6.07) is 0. The number of nitrogens with zero attached hydrogens (tertiary/aromatic N) is 3. The van der Waals surface area contributed by atoms with Crippen LogP contribution in [0.4, 0.5) is 0 Å². The topological polar surface area (TPSA) is 30.3 Å². The van der Waals surface area contributed by atoms with E-state index in [1.165, 1.54) is 5.56 Å². The number of alkyl halides is 1. The number of ether oxygens (including phenoxy) is 1. The van der Waals surface area contributed by atoms with E-state index in [0.717, 1.165) is 26.1 Å². The van der Waals surface area contributed by atoms with E-state index in [4.69, 9.17) is 16.3 Å². The summed E-state index contributed by atoms with van der Waals surface area (Å²) in [5.41, 5.74) is 1.29. The first-order chi connectivity index (χ1) is 8.17. The van der Waals surface area contributed by atoms with Gasteiger partial charge in [-0.3, -0.25) is 9.58 Å². The molecule has 2 unspecified atom stereocenters. The molecule has 1 saturated heterocycles. The van der Waals surface area contributed by atoms with Crippen LogP contribution in [-0.4, -0.2) is 52.4 Å². The summed E-state index contributed by atoms with van der Waals surface area (Å²) < 4.78 is 7.58. The van der Waals surface area contributed by atoms with Gasteiger partial charge in [0.25, 0.3) is 0 Å². The van der Waals surface area contributed by atoms with Gasteiger partial charge in [0.15, 0.2) is 0 Å². The largest absolute Gasteiger partial charge is 0.371 e. The van der Waals surface area contributed by atoms with Gasteiger partial charge < -0.3 is 4.74 Å². The van der Waals surface area contributed by atoms with Crippen LogP contribution < -0.4 is 0 Å². The molecule has 0 N–H and O–H groups in total. The van der Waals surface area contributed by atoms with Gasteiger partial charge in [-0.1, -0.05) is 0 Å². The van der Waals surface area contributed by atoms with Gasteiger partial charge in [-0.05, 0) is 18.9 Å². The smallest absolute Gasteiger partial charge is 0.0841 e. The van der Waals surface area contributed by atoms with E-state index in [1.54, 1.807) is 0 Å². The van der Waals surface area contributed by atoms with Crippen molar-refractivity contribution < 1.29 is 4.74 Å². The van der Waals surface area contributed by atoms with Crippen molar-refractivity contribution in [3.05, 3.63) is 18.0 Å². The van der Waals surface area contributed by atoms with E-state index < -0.39 is 0 Å². The van der Waals surface area contributed by atoms with E-state index in [2.05, 4.69) is 23.1 Å². The second-order valence-corrected chi connectivity index (χ2v) is 5.06. The average Bonchev–Trinajstić information content (AvgIpc) is 2.72. The molecule has 0 amide bonds. The molecule has 2 heterocycles. The van der Waals surface area contributed by atoms with Crippen molar-refractivity contribution in [1.29, 1.82) is 0 Å². The molecule has 1 aromatic heterocycles. The van der Waals surface area contributed by atoms with Crippen LogP contribution in [0.2, 0.25) is 0 Å². The molecule has 0 bridgehead atoms. The summed E-state index contributed by atoms with van der Waals surface area (Å²) in [6.07, 6.45) is 5.50. The van der Waals surface area contributed by atoms with Gasteiger partial charge in [0.2, 0.25) is 0 Å². The molecular weight excluding hydrogens is 238 g/mol. The van der Waals surface area contributed by atoms with Gasteiger partial charge in [0.1, 0.15) is 0 Å². The standard InChI is InChI=1S/C12H20ClN3O/c1-10-7-16(9-12(5-13)17-10)4-3-11-6-14-15(2)8-11/h6,8,10,12H,3-5,7,9H2,1-2H3. The van der Waals surface area contributed by atoms with Crippen molar-refractivity contribution in [2.75, 3.05) is 25.5 Å². The number of morpholine rings is 1. The number of hydrogen-bond acceptors (Lipinski definition) is 3. The van der Waals surface area contributed by atoms with Crippen molar-refractivity contribution in [1.82, 2.24) is 14.7 Å². The van der Waals surface area contributed by atoms with Crippen LogP contribution in [0.5, 0.6) is 0 Å². The van der Waals surface area contributed by atoms with E-state index in [-0.39, 0.29) is 12.2 Å². The molecule has 1 aliphatic heterocycles. The number of rotatable bonds is 4. The fourth-order valence-electron chi connectivity index (χ4n) is 2.30. The predicted octanol–water partition coefficient (Wildman–Crippen LogP) is 1.29. The van der Waals surface area contributed by atoms with Crippen LogP contribution in [-0.2, 0) is 18.2 Å². The summed E-state index contributed by atoms with van der Waals surface area (Å²) in [5.74, 6) is 0.577. The van der Waals surface area contributed by atoms with Gasteiger partial charge >= 0.3 is 0 Å². The van der Waals surface area contributed by atoms with E-state index >= 15 is 0 Å². The Labute approximate surface area is 107 Å². The van der Waals surface area contributed by atoms with Gasteiger partial charge in [0.05, 0.1) is 18.4 Å². The molecule has 1 aliphatic rings. The lowest BCUT2D eigenvalue weighted by atomic mass is 10.2. The Hall–Kier alpha value is -0.580. The monoisotopic (exact) mass is 257 g/mol. The fraction of sp³-hybridized carbons (Fsp3) is 0.750. The number of aromatic nitrogens is 2. The second-order valence-electron chi connectivity index (χ2n) is 4.75. The Morgan fingerprint density at radius 2 is 2.35 bits per heavy atom. The molecule has 0 spiro atoms. The first-order valence-electron chi connectivity index (χ1n) is 6.08. The third-order valence-electron chi connectivity index (χ3n) is 3.05. The van der Waals surface area contributed by atoms with Crippen LogP contribution in [0.15, 0.2) is 12.4 Å². The minimum Gasteiger partial charge on any atom is -0.371 e. The third-order valence-corrected chi connectivity index (χ3v) is 3.39. The van der Waals surface area contributed by atoms with Gasteiger partial charge in [-0.25, -0.2) is 0 Å². The number of halogens is 1. The number of aryl methyl sites for hydroxylation is 1. The van der Waals surface area contributed by atoms with Crippen LogP contribution in [0.25, 0.3) is 0 Å². The van der Waals surface area contributed by atoms with Crippen molar-refractivity contribution in [2.45, 2.75) is 25.6 Å². The molecule has 5 heteroatoms. The van der Waals surface area contributed by atoms with E-state index in [0.29, 0.717) is 5.88 Å². The molecule has 0 aromatic carbocycles. The fourth-order valence-corrected chi connectivity index (χ4v) is 2.47. The molecule has 0 radical (unpaired) electrons. The van der Waals surface area contributed by atoms with Gasteiger partial charge in [-0.2, -0.15) is 5.10 Å². The highest BCUT2D eigenvalue weighted by Gasteiger charge is 2.24. The normalized spacial score (nSPS) is 26.3. The maximum Gasteiger partial charge on any atom is 0.0841 e. The van der Waals surface area contributed by atoms with Crippen molar-refractivity contribution in [3.63, 3.8) is 0 Å².